The van der Waals surface area contributed by atoms with Gasteiger partial charge in [-0.15, -0.1) is 0 Å². The van der Waals surface area contributed by atoms with Crippen molar-refractivity contribution in [1.29, 1.82) is 0 Å². The lowest BCUT2D eigenvalue weighted by atomic mass is 10.00. The third-order valence-corrected chi connectivity index (χ3v) is 3.88. The van der Waals surface area contributed by atoms with Crippen molar-refractivity contribution in [3.8, 4) is 0 Å². The van der Waals surface area contributed by atoms with Crippen LogP contribution < -0.4 is 0 Å². The molecule has 1 aromatic rings. The molecule has 2 fully saturated rings. The number of aromatic nitrogens is 1. The zero-order chi connectivity index (χ0) is 11.1. The second-order valence-corrected chi connectivity index (χ2v) is 5.11. The van der Waals surface area contributed by atoms with E-state index in [0.29, 0.717) is 12.1 Å². The normalized spacial score (nSPS) is 34.5. The number of aliphatic hydroxyl groups excluding tert-OH is 1. The number of aryl methyl sites for hydroxylation is 1. The predicted octanol–water partition coefficient (Wildman–Crippen LogP) is 1.47. The lowest BCUT2D eigenvalue weighted by Crippen LogP contribution is -2.44. The monoisotopic (exact) mass is 222 g/mol. The molecular formula is C12H18N2O2. The Hall–Kier alpha value is -0.870. The van der Waals surface area contributed by atoms with Gasteiger partial charge in [-0.25, -0.2) is 0 Å². The van der Waals surface area contributed by atoms with Gasteiger partial charge in [-0.2, -0.15) is 0 Å². The highest BCUT2D eigenvalue weighted by atomic mass is 16.5. The van der Waals surface area contributed by atoms with Gasteiger partial charge in [0.1, 0.15) is 5.76 Å². The summed E-state index contributed by atoms with van der Waals surface area (Å²) in [6.07, 6.45) is 4.20. The average Bonchev–Trinajstić information content (AvgIpc) is 2.72. The van der Waals surface area contributed by atoms with E-state index in [4.69, 9.17) is 4.52 Å². The van der Waals surface area contributed by atoms with Crippen LogP contribution in [0.1, 0.15) is 37.1 Å². The van der Waals surface area contributed by atoms with Gasteiger partial charge in [0.05, 0.1) is 11.8 Å². The van der Waals surface area contributed by atoms with Gasteiger partial charge in [0.2, 0.25) is 0 Å². The average molecular weight is 222 g/mol. The van der Waals surface area contributed by atoms with Gasteiger partial charge in [0.15, 0.2) is 0 Å². The van der Waals surface area contributed by atoms with E-state index in [-0.39, 0.29) is 6.10 Å². The largest absolute Gasteiger partial charge is 0.393 e. The van der Waals surface area contributed by atoms with Crippen LogP contribution in [0.25, 0.3) is 0 Å². The smallest absolute Gasteiger partial charge is 0.133 e. The number of hydrogen-bond donors (Lipinski definition) is 1. The SMILES string of the molecule is Cc1cc(CN2C3CCC2CC(O)C3)no1. The molecule has 2 atom stereocenters. The Morgan fingerprint density at radius 2 is 2.12 bits per heavy atom. The van der Waals surface area contributed by atoms with Gasteiger partial charge >= 0.3 is 0 Å². The van der Waals surface area contributed by atoms with Crippen molar-refractivity contribution in [2.75, 3.05) is 0 Å². The van der Waals surface area contributed by atoms with Crippen molar-refractivity contribution in [1.82, 2.24) is 10.1 Å². The van der Waals surface area contributed by atoms with E-state index in [2.05, 4.69) is 10.1 Å². The second-order valence-electron chi connectivity index (χ2n) is 5.11. The summed E-state index contributed by atoms with van der Waals surface area (Å²) >= 11 is 0. The zero-order valence-electron chi connectivity index (χ0n) is 9.59. The molecule has 0 radical (unpaired) electrons. The summed E-state index contributed by atoms with van der Waals surface area (Å²) in [6, 6.07) is 3.10. The lowest BCUT2D eigenvalue weighted by Gasteiger charge is -2.36. The third-order valence-electron chi connectivity index (χ3n) is 3.88. The Morgan fingerprint density at radius 1 is 1.44 bits per heavy atom. The molecular weight excluding hydrogens is 204 g/mol. The second kappa shape index (κ2) is 3.86. The molecule has 3 rings (SSSR count). The molecule has 2 aliphatic heterocycles. The van der Waals surface area contributed by atoms with Crippen LogP contribution >= 0.6 is 0 Å². The molecule has 2 bridgehead atoms. The number of aliphatic hydroxyl groups is 1. The Labute approximate surface area is 95.2 Å². The first-order valence-electron chi connectivity index (χ1n) is 6.08. The van der Waals surface area contributed by atoms with E-state index in [0.717, 1.165) is 30.8 Å². The third kappa shape index (κ3) is 1.76. The van der Waals surface area contributed by atoms with Crippen LogP contribution in [0, 0.1) is 6.92 Å². The Kier molecular flexibility index (Phi) is 2.48. The molecule has 2 saturated heterocycles. The molecule has 1 N–H and O–H groups in total. The molecule has 2 unspecified atom stereocenters. The van der Waals surface area contributed by atoms with Crippen LogP contribution in [0.5, 0.6) is 0 Å². The van der Waals surface area contributed by atoms with E-state index in [1.807, 2.05) is 13.0 Å². The quantitative estimate of drug-likeness (QED) is 0.823. The van der Waals surface area contributed by atoms with Gasteiger partial charge in [-0.1, -0.05) is 5.16 Å². The maximum absolute atomic E-state index is 9.72. The predicted molar refractivity (Wildman–Crippen MR) is 58.8 cm³/mol. The number of rotatable bonds is 2. The maximum atomic E-state index is 9.72. The first-order chi connectivity index (χ1) is 7.72. The first kappa shape index (κ1) is 10.3. The Balaban J connectivity index is 1.72. The highest BCUT2D eigenvalue weighted by Crippen LogP contribution is 2.36. The Bertz CT molecular complexity index is 363. The fraction of sp³-hybridized carbons (Fsp3) is 0.750. The van der Waals surface area contributed by atoms with Gasteiger partial charge in [0.25, 0.3) is 0 Å². The molecule has 0 spiro atoms. The van der Waals surface area contributed by atoms with Gasteiger partial charge in [-0.05, 0) is 32.6 Å². The van der Waals surface area contributed by atoms with Crippen LogP contribution in [-0.4, -0.2) is 33.4 Å². The highest BCUT2D eigenvalue weighted by molar-refractivity contribution is 5.06. The molecule has 4 heteroatoms. The maximum Gasteiger partial charge on any atom is 0.133 e. The fourth-order valence-electron chi connectivity index (χ4n) is 3.18. The number of nitrogens with zero attached hydrogens (tertiary/aromatic N) is 2. The van der Waals surface area contributed by atoms with E-state index in [1.165, 1.54) is 12.8 Å². The van der Waals surface area contributed by atoms with Crippen molar-refractivity contribution in [2.45, 2.75) is 57.3 Å². The fourth-order valence-corrected chi connectivity index (χ4v) is 3.18. The zero-order valence-corrected chi connectivity index (χ0v) is 9.59. The summed E-state index contributed by atoms with van der Waals surface area (Å²) in [5, 5.41) is 13.8. The minimum atomic E-state index is -0.0900. The highest BCUT2D eigenvalue weighted by Gasteiger charge is 2.40. The van der Waals surface area contributed by atoms with Crippen LogP contribution in [-0.2, 0) is 6.54 Å². The van der Waals surface area contributed by atoms with Crippen LogP contribution in [0.3, 0.4) is 0 Å². The first-order valence-corrected chi connectivity index (χ1v) is 6.08. The van der Waals surface area contributed by atoms with E-state index in [1.54, 1.807) is 0 Å². The molecule has 16 heavy (non-hydrogen) atoms. The van der Waals surface area contributed by atoms with Crippen molar-refractivity contribution in [2.24, 2.45) is 0 Å². The molecule has 2 aliphatic rings. The number of piperidine rings is 1. The van der Waals surface area contributed by atoms with Crippen LogP contribution in [0.2, 0.25) is 0 Å². The van der Waals surface area contributed by atoms with E-state index < -0.39 is 0 Å². The van der Waals surface area contributed by atoms with Gasteiger partial charge in [0, 0.05) is 24.7 Å². The molecule has 88 valence electrons. The molecule has 0 saturated carbocycles. The summed E-state index contributed by atoms with van der Waals surface area (Å²) in [6.45, 7) is 2.80. The minimum Gasteiger partial charge on any atom is -0.393 e. The van der Waals surface area contributed by atoms with Crippen LogP contribution in [0.4, 0.5) is 0 Å². The minimum absolute atomic E-state index is 0.0900. The standard InChI is InChI=1S/C12H18N2O2/c1-8-4-9(13-16-8)7-14-10-2-3-11(14)6-12(15)5-10/h4,10-12,15H,2-3,5-7H2,1H3. The summed E-state index contributed by atoms with van der Waals surface area (Å²) in [5.41, 5.74) is 1.02. The number of fused-ring (bicyclic) bond motifs is 2. The van der Waals surface area contributed by atoms with Crippen molar-refractivity contribution in [3.05, 3.63) is 17.5 Å². The molecule has 0 aliphatic carbocycles. The van der Waals surface area contributed by atoms with Gasteiger partial charge < -0.3 is 9.63 Å². The molecule has 4 nitrogen and oxygen atoms in total. The summed E-state index contributed by atoms with van der Waals surface area (Å²) in [4.78, 5) is 2.49. The molecule has 1 aromatic heterocycles. The summed E-state index contributed by atoms with van der Waals surface area (Å²) in [5.74, 6) is 0.874. The lowest BCUT2D eigenvalue weighted by molar-refractivity contribution is 0.0299. The topological polar surface area (TPSA) is 49.5 Å². The van der Waals surface area contributed by atoms with E-state index in [9.17, 15) is 5.11 Å². The Morgan fingerprint density at radius 3 is 2.69 bits per heavy atom. The van der Waals surface area contributed by atoms with Crippen molar-refractivity contribution < 1.29 is 9.63 Å². The number of hydrogen-bond acceptors (Lipinski definition) is 4. The molecule has 3 heterocycles. The van der Waals surface area contributed by atoms with Crippen molar-refractivity contribution >= 4 is 0 Å². The molecule has 0 aromatic carbocycles. The summed E-state index contributed by atoms with van der Waals surface area (Å²) < 4.78 is 5.09. The summed E-state index contributed by atoms with van der Waals surface area (Å²) in [7, 11) is 0. The van der Waals surface area contributed by atoms with Crippen molar-refractivity contribution in [3.63, 3.8) is 0 Å². The van der Waals surface area contributed by atoms with Crippen LogP contribution in [0.15, 0.2) is 10.6 Å². The van der Waals surface area contributed by atoms with E-state index >= 15 is 0 Å². The van der Waals surface area contributed by atoms with Gasteiger partial charge in [-0.3, -0.25) is 4.90 Å². The molecule has 0 amide bonds.